The summed E-state index contributed by atoms with van der Waals surface area (Å²) >= 11 is 0. The third-order valence-corrected chi connectivity index (χ3v) is 7.20. The van der Waals surface area contributed by atoms with Crippen molar-refractivity contribution in [3.05, 3.63) is 29.3 Å². The van der Waals surface area contributed by atoms with E-state index in [0.717, 1.165) is 62.2 Å². The number of aromatic nitrogens is 5. The van der Waals surface area contributed by atoms with Crippen LogP contribution in [0, 0.1) is 24.7 Å². The third kappa shape index (κ3) is 4.46. The molecule has 0 amide bonds. The molecule has 1 aliphatic heterocycles. The number of methoxy groups -OCH3 is 1. The Morgan fingerprint density at radius 1 is 1.16 bits per heavy atom. The molecule has 8 heteroatoms. The van der Waals surface area contributed by atoms with Crippen molar-refractivity contribution in [3.8, 4) is 0 Å². The van der Waals surface area contributed by atoms with Gasteiger partial charge in [-0.2, -0.15) is 0 Å². The van der Waals surface area contributed by atoms with Gasteiger partial charge in [-0.25, -0.2) is 14.6 Å². The molecule has 2 aromatic heterocycles. The van der Waals surface area contributed by atoms with Gasteiger partial charge in [-0.3, -0.25) is 0 Å². The van der Waals surface area contributed by atoms with Crippen LogP contribution in [-0.4, -0.2) is 57.9 Å². The van der Waals surface area contributed by atoms with Gasteiger partial charge in [0.25, 0.3) is 0 Å². The predicted molar refractivity (Wildman–Crippen MR) is 117 cm³/mol. The van der Waals surface area contributed by atoms with Crippen molar-refractivity contribution in [3.63, 3.8) is 0 Å². The minimum atomic E-state index is 0.184. The zero-order valence-electron chi connectivity index (χ0n) is 18.9. The maximum absolute atomic E-state index is 6.47. The molecule has 0 N–H and O–H groups in total. The summed E-state index contributed by atoms with van der Waals surface area (Å²) < 4.78 is 13.7. The van der Waals surface area contributed by atoms with Gasteiger partial charge >= 0.3 is 0 Å². The Morgan fingerprint density at radius 3 is 2.71 bits per heavy atom. The molecule has 3 aliphatic rings. The molecule has 168 valence electrons. The monoisotopic (exact) mass is 426 g/mol. The lowest BCUT2D eigenvalue weighted by Crippen LogP contribution is -2.38. The first-order valence-corrected chi connectivity index (χ1v) is 11.7. The summed E-state index contributed by atoms with van der Waals surface area (Å²) in [6.07, 6.45) is 9.86. The van der Waals surface area contributed by atoms with Gasteiger partial charge < -0.3 is 14.4 Å². The largest absolute Gasteiger partial charge is 0.378 e. The minimum absolute atomic E-state index is 0.184. The topological polar surface area (TPSA) is 78.2 Å². The van der Waals surface area contributed by atoms with Gasteiger partial charge in [0.1, 0.15) is 5.69 Å². The van der Waals surface area contributed by atoms with Crippen LogP contribution in [-0.2, 0) is 22.5 Å². The molecule has 2 aliphatic carbocycles. The Bertz CT molecular complexity index is 898. The molecule has 1 saturated heterocycles. The molecule has 3 heterocycles. The number of ether oxygens (including phenoxy) is 2. The lowest BCUT2D eigenvalue weighted by molar-refractivity contribution is -0.0375. The number of hydrogen-bond donors (Lipinski definition) is 0. The molecule has 3 fully saturated rings. The highest BCUT2D eigenvalue weighted by molar-refractivity contribution is 5.35. The SMILES string of the molecule is CCc1nc(N2C[C@H]3C[C@@H](n4cc(COC)nn4)[C@H](OCC4CC4)C[C@H]3C2)ncc1C. The fraction of sp³-hybridized carbons (Fsp3) is 0.739. The van der Waals surface area contributed by atoms with Crippen LogP contribution < -0.4 is 4.90 Å². The Hall–Kier alpha value is -2.06. The van der Waals surface area contributed by atoms with Gasteiger partial charge in [0.05, 0.1) is 24.9 Å². The fourth-order valence-electron chi connectivity index (χ4n) is 5.22. The Morgan fingerprint density at radius 2 is 1.97 bits per heavy atom. The van der Waals surface area contributed by atoms with E-state index in [2.05, 4.69) is 34.0 Å². The van der Waals surface area contributed by atoms with Crippen molar-refractivity contribution >= 4 is 5.95 Å². The number of rotatable bonds is 8. The van der Waals surface area contributed by atoms with Gasteiger partial charge in [0.15, 0.2) is 0 Å². The second-order valence-electron chi connectivity index (χ2n) is 9.56. The number of nitrogens with zero attached hydrogens (tertiary/aromatic N) is 6. The second-order valence-corrected chi connectivity index (χ2v) is 9.56. The van der Waals surface area contributed by atoms with Crippen LogP contribution in [0.5, 0.6) is 0 Å². The average molecular weight is 427 g/mol. The predicted octanol–water partition coefficient (Wildman–Crippen LogP) is 2.97. The lowest BCUT2D eigenvalue weighted by Gasteiger charge is -2.37. The van der Waals surface area contributed by atoms with Crippen LogP contribution >= 0.6 is 0 Å². The first-order chi connectivity index (χ1) is 15.1. The first-order valence-electron chi connectivity index (χ1n) is 11.7. The van der Waals surface area contributed by atoms with E-state index in [0.29, 0.717) is 18.4 Å². The van der Waals surface area contributed by atoms with E-state index < -0.39 is 0 Å². The molecular formula is C23H34N6O2. The molecule has 5 rings (SSSR count). The first kappa shape index (κ1) is 20.8. The van der Waals surface area contributed by atoms with Crippen LogP contribution in [0.25, 0.3) is 0 Å². The molecule has 0 radical (unpaired) electrons. The van der Waals surface area contributed by atoms with Crippen molar-refractivity contribution in [2.75, 3.05) is 31.7 Å². The number of fused-ring (bicyclic) bond motifs is 1. The molecule has 2 aromatic rings. The summed E-state index contributed by atoms with van der Waals surface area (Å²) in [6.45, 7) is 7.63. The van der Waals surface area contributed by atoms with Gasteiger partial charge in [0, 0.05) is 38.7 Å². The molecule has 4 atom stereocenters. The molecule has 8 nitrogen and oxygen atoms in total. The van der Waals surface area contributed by atoms with E-state index >= 15 is 0 Å². The molecule has 0 unspecified atom stereocenters. The van der Waals surface area contributed by atoms with Gasteiger partial charge in [-0.05, 0) is 62.3 Å². The van der Waals surface area contributed by atoms with Crippen LogP contribution in [0.15, 0.2) is 12.4 Å². The van der Waals surface area contributed by atoms with Crippen molar-refractivity contribution in [1.82, 2.24) is 25.0 Å². The summed E-state index contributed by atoms with van der Waals surface area (Å²) in [6, 6.07) is 0.225. The third-order valence-electron chi connectivity index (χ3n) is 7.20. The highest BCUT2D eigenvalue weighted by atomic mass is 16.5. The standard InChI is InChI=1S/C23H34N6O2/c1-4-20-15(2)9-24-23(25-20)28-10-17-7-21(29-12-19(14-30-3)26-27-29)22(8-18(17)11-28)31-13-16-5-6-16/h9,12,16-18,21-22H,4-8,10-11,13-14H2,1-3H3/t17-,18+,21-,22-/m1/s1. The van der Waals surface area contributed by atoms with Gasteiger partial charge in [-0.1, -0.05) is 12.1 Å². The van der Waals surface area contributed by atoms with Gasteiger partial charge in [0.2, 0.25) is 5.95 Å². The number of aryl methyl sites for hydroxylation is 2. The molecule has 2 saturated carbocycles. The van der Waals surface area contributed by atoms with E-state index in [1.807, 2.05) is 17.1 Å². The lowest BCUT2D eigenvalue weighted by atomic mass is 9.77. The van der Waals surface area contributed by atoms with Crippen molar-refractivity contribution in [2.24, 2.45) is 17.8 Å². The van der Waals surface area contributed by atoms with E-state index in [1.54, 1.807) is 7.11 Å². The Labute approximate surface area is 184 Å². The van der Waals surface area contributed by atoms with Crippen molar-refractivity contribution in [2.45, 2.75) is 64.7 Å². The van der Waals surface area contributed by atoms with E-state index in [1.165, 1.54) is 18.4 Å². The zero-order chi connectivity index (χ0) is 21.4. The normalized spacial score (nSPS) is 28.2. The van der Waals surface area contributed by atoms with Crippen LogP contribution in [0.2, 0.25) is 0 Å². The van der Waals surface area contributed by atoms with E-state index in [-0.39, 0.29) is 12.1 Å². The summed E-state index contributed by atoms with van der Waals surface area (Å²) in [5, 5.41) is 8.74. The molecule has 0 bridgehead atoms. The number of anilines is 1. The average Bonchev–Trinajstić information content (AvgIpc) is 3.33. The summed E-state index contributed by atoms with van der Waals surface area (Å²) in [5.41, 5.74) is 3.20. The van der Waals surface area contributed by atoms with E-state index in [9.17, 15) is 0 Å². The maximum Gasteiger partial charge on any atom is 0.225 e. The molecule has 0 spiro atoms. The molecule has 31 heavy (non-hydrogen) atoms. The van der Waals surface area contributed by atoms with Crippen LogP contribution in [0.1, 0.15) is 55.6 Å². The highest BCUT2D eigenvalue weighted by Crippen LogP contribution is 2.43. The Balaban J connectivity index is 1.33. The summed E-state index contributed by atoms with van der Waals surface area (Å²) in [7, 11) is 1.69. The zero-order valence-corrected chi connectivity index (χ0v) is 18.9. The Kier molecular flexibility index (Phi) is 5.93. The summed E-state index contributed by atoms with van der Waals surface area (Å²) in [4.78, 5) is 11.9. The fourth-order valence-corrected chi connectivity index (χ4v) is 5.22. The van der Waals surface area contributed by atoms with E-state index in [4.69, 9.17) is 14.5 Å². The van der Waals surface area contributed by atoms with Crippen LogP contribution in [0.3, 0.4) is 0 Å². The van der Waals surface area contributed by atoms with Crippen molar-refractivity contribution in [1.29, 1.82) is 0 Å². The minimum Gasteiger partial charge on any atom is -0.378 e. The van der Waals surface area contributed by atoms with Gasteiger partial charge in [-0.15, -0.1) is 5.10 Å². The second kappa shape index (κ2) is 8.82. The quantitative estimate of drug-likeness (QED) is 0.642. The van der Waals surface area contributed by atoms with Crippen molar-refractivity contribution < 1.29 is 9.47 Å². The molecular weight excluding hydrogens is 392 g/mol. The summed E-state index contributed by atoms with van der Waals surface area (Å²) in [5.74, 6) is 2.84. The van der Waals surface area contributed by atoms with Crippen LogP contribution in [0.4, 0.5) is 5.95 Å². The maximum atomic E-state index is 6.47. The number of hydrogen-bond acceptors (Lipinski definition) is 7. The molecule has 0 aromatic carbocycles. The smallest absolute Gasteiger partial charge is 0.225 e. The highest BCUT2D eigenvalue weighted by Gasteiger charge is 2.45.